The van der Waals surface area contributed by atoms with E-state index in [1.54, 1.807) is 6.92 Å². The molecule has 5 heteroatoms. The van der Waals surface area contributed by atoms with Crippen molar-refractivity contribution in [3.05, 3.63) is 11.7 Å². The summed E-state index contributed by atoms with van der Waals surface area (Å²) in [7, 11) is 0. The first kappa shape index (κ1) is 7.71. The third-order valence-corrected chi connectivity index (χ3v) is 1.30. The molecule has 1 heterocycles. The summed E-state index contributed by atoms with van der Waals surface area (Å²) >= 11 is 0. The second-order valence-corrected chi connectivity index (χ2v) is 2.23. The maximum atomic E-state index is 10.4. The summed E-state index contributed by atoms with van der Waals surface area (Å²) in [6.07, 6.45) is 0. The number of aromatic nitrogens is 2. The highest BCUT2D eigenvalue weighted by Crippen LogP contribution is 2.10. The van der Waals surface area contributed by atoms with Crippen molar-refractivity contribution in [3.8, 4) is 0 Å². The van der Waals surface area contributed by atoms with Crippen molar-refractivity contribution < 1.29 is 14.4 Å². The minimum atomic E-state index is -0.953. The topological polar surface area (TPSA) is 76.2 Å². The molecule has 0 radical (unpaired) electrons. The van der Waals surface area contributed by atoms with Crippen molar-refractivity contribution >= 4 is 5.97 Å². The van der Waals surface area contributed by atoms with Crippen LogP contribution in [-0.4, -0.2) is 21.2 Å². The van der Waals surface area contributed by atoms with Crippen LogP contribution in [0.3, 0.4) is 0 Å². The van der Waals surface area contributed by atoms with Crippen LogP contribution in [0.25, 0.3) is 0 Å². The first-order valence-electron chi connectivity index (χ1n) is 3.14. The van der Waals surface area contributed by atoms with E-state index in [1.807, 2.05) is 0 Å². The van der Waals surface area contributed by atoms with Crippen molar-refractivity contribution in [3.63, 3.8) is 0 Å². The average Bonchev–Trinajstić information content (AvgIpc) is 2.34. The number of carbonyl (C=O) groups is 1. The Balaban J connectivity index is 2.84. The van der Waals surface area contributed by atoms with E-state index in [9.17, 15) is 4.79 Å². The summed E-state index contributed by atoms with van der Waals surface area (Å²) in [5, 5.41) is 12.0. The van der Waals surface area contributed by atoms with Gasteiger partial charge in [0.05, 0.1) is 0 Å². The minimum Gasteiger partial charge on any atom is -0.481 e. The number of rotatable bonds is 2. The molecule has 0 aromatic carbocycles. The van der Waals surface area contributed by atoms with Gasteiger partial charge in [0, 0.05) is 6.92 Å². The van der Waals surface area contributed by atoms with E-state index < -0.39 is 11.9 Å². The standard InChI is InChI=1S/C6H8N2O3/c1-3(6(9)10)5-7-4(2)11-8-5/h3H,1-2H3,(H,9,10). The summed E-state index contributed by atoms with van der Waals surface area (Å²) in [6, 6.07) is 0. The highest BCUT2D eigenvalue weighted by molar-refractivity contribution is 5.74. The lowest BCUT2D eigenvalue weighted by Gasteiger charge is -1.95. The van der Waals surface area contributed by atoms with Gasteiger partial charge in [0.25, 0.3) is 0 Å². The fourth-order valence-electron chi connectivity index (χ4n) is 0.601. The van der Waals surface area contributed by atoms with E-state index in [-0.39, 0.29) is 5.82 Å². The van der Waals surface area contributed by atoms with Gasteiger partial charge in [0.15, 0.2) is 5.82 Å². The number of carboxylic acids is 1. The minimum absolute atomic E-state index is 0.218. The molecule has 1 aromatic rings. The molecule has 1 rings (SSSR count). The molecule has 0 fully saturated rings. The van der Waals surface area contributed by atoms with Crippen LogP contribution >= 0.6 is 0 Å². The second-order valence-electron chi connectivity index (χ2n) is 2.23. The fraction of sp³-hybridized carbons (Fsp3) is 0.500. The summed E-state index contributed by atoms with van der Waals surface area (Å²) in [6.45, 7) is 3.12. The lowest BCUT2D eigenvalue weighted by molar-refractivity contribution is -0.138. The maximum Gasteiger partial charge on any atom is 0.314 e. The van der Waals surface area contributed by atoms with Crippen molar-refractivity contribution in [2.24, 2.45) is 0 Å². The number of aliphatic carboxylic acids is 1. The number of carboxylic acid groups (broad SMARTS) is 1. The highest BCUT2D eigenvalue weighted by atomic mass is 16.5. The summed E-state index contributed by atoms with van der Waals surface area (Å²) in [5.74, 6) is -1.05. The lowest BCUT2D eigenvalue weighted by Crippen LogP contribution is -2.08. The van der Waals surface area contributed by atoms with Crippen LogP contribution in [0, 0.1) is 6.92 Å². The molecule has 11 heavy (non-hydrogen) atoms. The van der Waals surface area contributed by atoms with E-state index in [0.29, 0.717) is 5.89 Å². The molecule has 0 aliphatic heterocycles. The molecular weight excluding hydrogens is 148 g/mol. The Morgan fingerprint density at radius 1 is 1.73 bits per heavy atom. The Morgan fingerprint density at radius 3 is 2.73 bits per heavy atom. The van der Waals surface area contributed by atoms with Gasteiger partial charge in [-0.1, -0.05) is 5.16 Å². The van der Waals surface area contributed by atoms with Gasteiger partial charge in [-0.3, -0.25) is 4.79 Å². The SMILES string of the molecule is Cc1nc(C(C)C(=O)O)no1. The Morgan fingerprint density at radius 2 is 2.36 bits per heavy atom. The van der Waals surface area contributed by atoms with Crippen molar-refractivity contribution in [1.29, 1.82) is 0 Å². The monoisotopic (exact) mass is 156 g/mol. The quantitative estimate of drug-likeness (QED) is 0.677. The number of hydrogen-bond acceptors (Lipinski definition) is 4. The molecule has 1 atom stereocenters. The van der Waals surface area contributed by atoms with Gasteiger partial charge in [0.2, 0.25) is 5.89 Å². The molecule has 0 amide bonds. The van der Waals surface area contributed by atoms with E-state index in [4.69, 9.17) is 5.11 Å². The van der Waals surface area contributed by atoms with E-state index in [1.165, 1.54) is 6.92 Å². The fourth-order valence-corrected chi connectivity index (χ4v) is 0.601. The molecule has 0 saturated carbocycles. The summed E-state index contributed by atoms with van der Waals surface area (Å²) in [5.41, 5.74) is 0. The van der Waals surface area contributed by atoms with Gasteiger partial charge in [-0.05, 0) is 6.92 Å². The zero-order valence-corrected chi connectivity index (χ0v) is 6.24. The summed E-state index contributed by atoms with van der Waals surface area (Å²) < 4.78 is 4.61. The zero-order chi connectivity index (χ0) is 8.43. The molecule has 0 spiro atoms. The van der Waals surface area contributed by atoms with Gasteiger partial charge in [-0.15, -0.1) is 0 Å². The zero-order valence-electron chi connectivity index (χ0n) is 6.24. The molecular formula is C6H8N2O3. The van der Waals surface area contributed by atoms with Gasteiger partial charge >= 0.3 is 5.97 Å². The molecule has 1 N–H and O–H groups in total. The van der Waals surface area contributed by atoms with Crippen LogP contribution in [0.2, 0.25) is 0 Å². The molecule has 0 aliphatic rings. The van der Waals surface area contributed by atoms with E-state index >= 15 is 0 Å². The summed E-state index contributed by atoms with van der Waals surface area (Å²) in [4.78, 5) is 14.2. The molecule has 60 valence electrons. The highest BCUT2D eigenvalue weighted by Gasteiger charge is 2.18. The van der Waals surface area contributed by atoms with Gasteiger partial charge in [0.1, 0.15) is 5.92 Å². The van der Waals surface area contributed by atoms with Crippen LogP contribution in [0.1, 0.15) is 24.6 Å². The van der Waals surface area contributed by atoms with Gasteiger partial charge < -0.3 is 9.63 Å². The van der Waals surface area contributed by atoms with Crippen LogP contribution < -0.4 is 0 Å². The first-order valence-corrected chi connectivity index (χ1v) is 3.14. The predicted octanol–water partition coefficient (Wildman–Crippen LogP) is 0.566. The van der Waals surface area contributed by atoms with Crippen LogP contribution in [-0.2, 0) is 4.79 Å². The smallest absolute Gasteiger partial charge is 0.314 e. The van der Waals surface area contributed by atoms with Crippen molar-refractivity contribution in [2.75, 3.05) is 0 Å². The van der Waals surface area contributed by atoms with Gasteiger partial charge in [-0.25, -0.2) is 0 Å². The normalized spacial score (nSPS) is 12.9. The second kappa shape index (κ2) is 2.69. The number of nitrogens with zero attached hydrogens (tertiary/aromatic N) is 2. The molecule has 1 aromatic heterocycles. The number of aryl methyl sites for hydroxylation is 1. The molecule has 0 saturated heterocycles. The predicted molar refractivity (Wildman–Crippen MR) is 35.1 cm³/mol. The van der Waals surface area contributed by atoms with E-state index in [2.05, 4.69) is 14.7 Å². The molecule has 5 nitrogen and oxygen atoms in total. The Hall–Kier alpha value is -1.39. The third kappa shape index (κ3) is 1.54. The Kier molecular flexibility index (Phi) is 1.89. The first-order chi connectivity index (χ1) is 5.11. The van der Waals surface area contributed by atoms with E-state index in [0.717, 1.165) is 0 Å². The van der Waals surface area contributed by atoms with Crippen LogP contribution in [0.4, 0.5) is 0 Å². The third-order valence-electron chi connectivity index (χ3n) is 1.30. The van der Waals surface area contributed by atoms with Crippen molar-refractivity contribution in [2.45, 2.75) is 19.8 Å². The van der Waals surface area contributed by atoms with Crippen molar-refractivity contribution in [1.82, 2.24) is 10.1 Å². The lowest BCUT2D eigenvalue weighted by atomic mass is 10.2. The Labute approximate surface area is 63.0 Å². The van der Waals surface area contributed by atoms with Gasteiger partial charge in [-0.2, -0.15) is 4.98 Å². The molecule has 0 aliphatic carbocycles. The average molecular weight is 156 g/mol. The largest absolute Gasteiger partial charge is 0.481 e. The molecule has 0 bridgehead atoms. The Bertz CT molecular complexity index is 269. The van der Waals surface area contributed by atoms with Crippen LogP contribution in [0.5, 0.6) is 0 Å². The maximum absolute atomic E-state index is 10.4. The molecule has 1 unspecified atom stereocenters. The number of hydrogen-bond donors (Lipinski definition) is 1. The van der Waals surface area contributed by atoms with Crippen LogP contribution in [0.15, 0.2) is 4.52 Å².